The van der Waals surface area contributed by atoms with Crippen molar-refractivity contribution in [2.45, 2.75) is 70.0 Å². The van der Waals surface area contributed by atoms with Crippen LogP contribution in [0, 0.1) is 17.8 Å². The molecule has 0 aliphatic heterocycles. The summed E-state index contributed by atoms with van der Waals surface area (Å²) >= 11 is 4.61. The van der Waals surface area contributed by atoms with E-state index in [1.165, 1.54) is 57.8 Å². The first kappa shape index (κ1) is 13.5. The Bertz CT molecular complexity index is 230. The third kappa shape index (κ3) is 4.05. The highest BCUT2D eigenvalue weighted by atomic mass is 32.1. The highest BCUT2D eigenvalue weighted by Gasteiger charge is 2.29. The van der Waals surface area contributed by atoms with E-state index in [2.05, 4.69) is 31.7 Å². The Labute approximate surface area is 113 Å². The van der Waals surface area contributed by atoms with Gasteiger partial charge in [-0.05, 0) is 75.5 Å². The van der Waals surface area contributed by atoms with Gasteiger partial charge in [0.25, 0.3) is 0 Å². The Kier molecular flexibility index (Phi) is 5.47. The molecular formula is C16H28S. The van der Waals surface area contributed by atoms with Crippen LogP contribution in [0.15, 0.2) is 12.2 Å². The SMILES string of the molecule is CC/C=C/C1CCC(C2CCC(S)CC2)CC1. The van der Waals surface area contributed by atoms with E-state index < -0.39 is 0 Å². The van der Waals surface area contributed by atoms with E-state index in [0.29, 0.717) is 5.25 Å². The topological polar surface area (TPSA) is 0 Å². The molecular weight excluding hydrogens is 224 g/mol. The molecule has 0 aromatic rings. The van der Waals surface area contributed by atoms with Crippen molar-refractivity contribution < 1.29 is 0 Å². The fraction of sp³-hybridized carbons (Fsp3) is 0.875. The summed E-state index contributed by atoms with van der Waals surface area (Å²) < 4.78 is 0. The minimum atomic E-state index is 0.704. The van der Waals surface area contributed by atoms with Gasteiger partial charge in [-0.15, -0.1) is 0 Å². The normalized spacial score (nSPS) is 39.6. The van der Waals surface area contributed by atoms with Gasteiger partial charge >= 0.3 is 0 Å². The molecule has 2 fully saturated rings. The fourth-order valence-electron chi connectivity index (χ4n) is 3.71. The van der Waals surface area contributed by atoms with Gasteiger partial charge in [-0.1, -0.05) is 19.1 Å². The molecule has 0 aromatic heterocycles. The number of hydrogen-bond donors (Lipinski definition) is 1. The van der Waals surface area contributed by atoms with Crippen molar-refractivity contribution >= 4 is 12.6 Å². The summed E-state index contributed by atoms with van der Waals surface area (Å²) in [5.74, 6) is 2.98. The number of allylic oxidation sites excluding steroid dienone is 2. The van der Waals surface area contributed by atoms with Crippen molar-refractivity contribution in [3.63, 3.8) is 0 Å². The van der Waals surface area contributed by atoms with Gasteiger partial charge in [0.05, 0.1) is 0 Å². The Balaban J connectivity index is 1.73. The van der Waals surface area contributed by atoms with Crippen LogP contribution in [0.3, 0.4) is 0 Å². The van der Waals surface area contributed by atoms with Gasteiger partial charge in [0.2, 0.25) is 0 Å². The Morgan fingerprint density at radius 3 is 1.94 bits per heavy atom. The van der Waals surface area contributed by atoms with Crippen LogP contribution in [-0.2, 0) is 0 Å². The van der Waals surface area contributed by atoms with E-state index in [0.717, 1.165) is 17.8 Å². The molecule has 17 heavy (non-hydrogen) atoms. The third-order valence-corrected chi connectivity index (χ3v) is 5.38. The van der Waals surface area contributed by atoms with Crippen molar-refractivity contribution in [1.29, 1.82) is 0 Å². The molecule has 98 valence electrons. The zero-order valence-electron chi connectivity index (χ0n) is 11.3. The quantitative estimate of drug-likeness (QED) is 0.515. The van der Waals surface area contributed by atoms with Crippen LogP contribution in [0.25, 0.3) is 0 Å². The molecule has 0 saturated heterocycles. The molecule has 2 aliphatic carbocycles. The molecule has 2 aliphatic rings. The largest absolute Gasteiger partial charge is 0.176 e. The van der Waals surface area contributed by atoms with Crippen LogP contribution in [-0.4, -0.2) is 5.25 Å². The summed E-state index contributed by atoms with van der Waals surface area (Å²) in [6, 6.07) is 0. The summed E-state index contributed by atoms with van der Waals surface area (Å²) in [6.45, 7) is 2.23. The molecule has 0 spiro atoms. The fourth-order valence-corrected chi connectivity index (χ4v) is 4.01. The minimum absolute atomic E-state index is 0.704. The van der Waals surface area contributed by atoms with E-state index >= 15 is 0 Å². The summed E-state index contributed by atoms with van der Waals surface area (Å²) in [5.41, 5.74) is 0. The zero-order valence-corrected chi connectivity index (χ0v) is 12.2. The molecule has 2 saturated carbocycles. The van der Waals surface area contributed by atoms with Gasteiger partial charge in [0.15, 0.2) is 0 Å². The van der Waals surface area contributed by atoms with Crippen molar-refractivity contribution in [2.75, 3.05) is 0 Å². The monoisotopic (exact) mass is 252 g/mol. The summed E-state index contributed by atoms with van der Waals surface area (Å²) in [6.07, 6.45) is 17.5. The van der Waals surface area contributed by atoms with E-state index in [1.807, 2.05) is 0 Å². The maximum Gasteiger partial charge on any atom is 0.00170 e. The van der Waals surface area contributed by atoms with Gasteiger partial charge in [-0.2, -0.15) is 12.6 Å². The Morgan fingerprint density at radius 1 is 0.882 bits per heavy atom. The van der Waals surface area contributed by atoms with Crippen LogP contribution in [0.1, 0.15) is 64.7 Å². The lowest BCUT2D eigenvalue weighted by atomic mass is 9.71. The number of thiol groups is 1. The molecule has 0 aromatic carbocycles. The first-order chi connectivity index (χ1) is 8.29. The van der Waals surface area contributed by atoms with E-state index in [-0.39, 0.29) is 0 Å². The predicted octanol–water partition coefficient (Wildman–Crippen LogP) is 5.25. The molecule has 0 unspecified atom stereocenters. The van der Waals surface area contributed by atoms with Crippen LogP contribution in [0.4, 0.5) is 0 Å². The Hall–Kier alpha value is 0.0900. The van der Waals surface area contributed by atoms with Crippen molar-refractivity contribution in [1.82, 2.24) is 0 Å². The van der Waals surface area contributed by atoms with Crippen molar-refractivity contribution in [3.8, 4) is 0 Å². The second kappa shape index (κ2) is 6.87. The van der Waals surface area contributed by atoms with Crippen LogP contribution in [0.2, 0.25) is 0 Å². The average Bonchev–Trinajstić information content (AvgIpc) is 2.38. The van der Waals surface area contributed by atoms with Crippen molar-refractivity contribution in [2.24, 2.45) is 17.8 Å². The molecule has 0 N–H and O–H groups in total. The summed E-state index contributed by atoms with van der Waals surface area (Å²) in [7, 11) is 0. The molecule has 1 heteroatoms. The Morgan fingerprint density at radius 2 is 1.41 bits per heavy atom. The zero-order chi connectivity index (χ0) is 12.1. The van der Waals surface area contributed by atoms with Gasteiger partial charge in [-0.25, -0.2) is 0 Å². The van der Waals surface area contributed by atoms with Crippen LogP contribution < -0.4 is 0 Å². The molecule has 2 rings (SSSR count). The van der Waals surface area contributed by atoms with E-state index in [1.54, 1.807) is 0 Å². The van der Waals surface area contributed by atoms with Crippen LogP contribution in [0.5, 0.6) is 0 Å². The van der Waals surface area contributed by atoms with Gasteiger partial charge in [0.1, 0.15) is 0 Å². The lowest BCUT2D eigenvalue weighted by Gasteiger charge is -2.36. The summed E-state index contributed by atoms with van der Waals surface area (Å²) in [4.78, 5) is 0. The van der Waals surface area contributed by atoms with Crippen LogP contribution >= 0.6 is 12.6 Å². The molecule has 0 heterocycles. The van der Waals surface area contributed by atoms with Gasteiger partial charge in [-0.3, -0.25) is 0 Å². The smallest absolute Gasteiger partial charge is 0.00170 e. The van der Waals surface area contributed by atoms with Gasteiger partial charge < -0.3 is 0 Å². The first-order valence-corrected chi connectivity index (χ1v) is 8.16. The lowest BCUT2D eigenvalue weighted by molar-refractivity contribution is 0.182. The standard InChI is InChI=1S/C16H28S/c1-2-3-4-13-5-7-14(8-6-13)15-9-11-16(17)12-10-15/h3-4,13-17H,2,5-12H2,1H3/b4-3+. The molecule has 0 bridgehead atoms. The summed E-state index contributed by atoms with van der Waals surface area (Å²) in [5, 5.41) is 0.704. The maximum absolute atomic E-state index is 4.61. The minimum Gasteiger partial charge on any atom is -0.176 e. The number of hydrogen-bond acceptors (Lipinski definition) is 1. The maximum atomic E-state index is 4.61. The molecule has 0 nitrogen and oxygen atoms in total. The molecule has 0 amide bonds. The lowest BCUT2D eigenvalue weighted by Crippen LogP contribution is -2.25. The van der Waals surface area contributed by atoms with Gasteiger partial charge in [0, 0.05) is 5.25 Å². The second-order valence-corrected chi connectivity index (χ2v) is 6.81. The average molecular weight is 252 g/mol. The number of rotatable bonds is 3. The highest BCUT2D eigenvalue weighted by molar-refractivity contribution is 7.80. The predicted molar refractivity (Wildman–Crippen MR) is 79.6 cm³/mol. The first-order valence-electron chi connectivity index (χ1n) is 7.64. The van der Waals surface area contributed by atoms with Crippen molar-refractivity contribution in [3.05, 3.63) is 12.2 Å². The third-order valence-electron chi connectivity index (χ3n) is 4.87. The second-order valence-electron chi connectivity index (χ2n) is 6.08. The molecule has 0 atom stereocenters. The highest BCUT2D eigenvalue weighted by Crippen LogP contribution is 2.41. The van der Waals surface area contributed by atoms with E-state index in [4.69, 9.17) is 0 Å². The molecule has 0 radical (unpaired) electrons. The van der Waals surface area contributed by atoms with E-state index in [9.17, 15) is 0 Å².